The number of nitrogens with two attached hydrogens (primary N) is 1. The average molecular weight is 239 g/mol. The van der Waals surface area contributed by atoms with Gasteiger partial charge in [0.1, 0.15) is 0 Å². The molecule has 98 valence electrons. The van der Waals surface area contributed by atoms with E-state index in [1.807, 2.05) is 0 Å². The number of nitrogens with one attached hydrogen (secondary N) is 1. The molecular weight excluding hydrogens is 214 g/mol. The molecule has 1 saturated heterocycles. The fourth-order valence-electron chi connectivity index (χ4n) is 2.25. The first kappa shape index (κ1) is 14.2. The SMILES string of the molecule is C=C(CNCCC)CN1CCCC(C(N)=O)C1. The Morgan fingerprint density at radius 3 is 3.00 bits per heavy atom. The third-order valence-electron chi connectivity index (χ3n) is 3.16. The molecule has 0 aromatic rings. The maximum atomic E-state index is 11.2. The van der Waals surface area contributed by atoms with Crippen LogP contribution in [0.2, 0.25) is 0 Å². The molecule has 0 saturated carbocycles. The maximum absolute atomic E-state index is 11.2. The van der Waals surface area contributed by atoms with Crippen LogP contribution in [0, 0.1) is 5.92 Å². The van der Waals surface area contributed by atoms with Gasteiger partial charge in [0.25, 0.3) is 0 Å². The summed E-state index contributed by atoms with van der Waals surface area (Å²) in [7, 11) is 0. The molecule has 0 bridgehead atoms. The van der Waals surface area contributed by atoms with Crippen LogP contribution in [0.5, 0.6) is 0 Å². The molecule has 1 fully saturated rings. The Balaban J connectivity index is 2.26. The molecule has 0 aromatic heterocycles. The molecule has 1 atom stereocenters. The number of carbonyl (C=O) groups is 1. The van der Waals surface area contributed by atoms with E-state index in [2.05, 4.69) is 23.7 Å². The van der Waals surface area contributed by atoms with Crippen molar-refractivity contribution in [2.45, 2.75) is 26.2 Å². The molecule has 0 aliphatic carbocycles. The fraction of sp³-hybridized carbons (Fsp3) is 0.769. The highest BCUT2D eigenvalue weighted by Crippen LogP contribution is 2.16. The molecule has 1 aliphatic rings. The lowest BCUT2D eigenvalue weighted by molar-refractivity contribution is -0.123. The molecule has 0 spiro atoms. The van der Waals surface area contributed by atoms with Gasteiger partial charge in [-0.2, -0.15) is 0 Å². The summed E-state index contributed by atoms with van der Waals surface area (Å²) < 4.78 is 0. The summed E-state index contributed by atoms with van der Waals surface area (Å²) in [5, 5.41) is 3.34. The number of hydrogen-bond acceptors (Lipinski definition) is 3. The Hall–Kier alpha value is -0.870. The van der Waals surface area contributed by atoms with Crippen molar-refractivity contribution in [2.24, 2.45) is 11.7 Å². The lowest BCUT2D eigenvalue weighted by Crippen LogP contribution is -2.42. The van der Waals surface area contributed by atoms with E-state index in [1.54, 1.807) is 0 Å². The van der Waals surface area contributed by atoms with Gasteiger partial charge in [0.05, 0.1) is 5.92 Å². The first-order valence-electron chi connectivity index (χ1n) is 6.52. The Labute approximate surface area is 104 Å². The highest BCUT2D eigenvalue weighted by molar-refractivity contribution is 5.76. The standard InChI is InChI=1S/C13H25N3O/c1-3-6-15-8-11(2)9-16-7-4-5-12(10-16)13(14)17/h12,15H,2-10H2,1H3,(H2,14,17). The van der Waals surface area contributed by atoms with Gasteiger partial charge in [0, 0.05) is 19.6 Å². The van der Waals surface area contributed by atoms with Crippen molar-refractivity contribution in [3.05, 3.63) is 12.2 Å². The Bertz CT molecular complexity index is 265. The first-order valence-corrected chi connectivity index (χ1v) is 6.52. The van der Waals surface area contributed by atoms with Gasteiger partial charge in [-0.3, -0.25) is 9.69 Å². The topological polar surface area (TPSA) is 58.4 Å². The van der Waals surface area contributed by atoms with E-state index in [-0.39, 0.29) is 11.8 Å². The predicted molar refractivity (Wildman–Crippen MR) is 70.7 cm³/mol. The van der Waals surface area contributed by atoms with E-state index in [0.29, 0.717) is 0 Å². The summed E-state index contributed by atoms with van der Waals surface area (Å²) in [5.74, 6) is -0.135. The van der Waals surface area contributed by atoms with Gasteiger partial charge in [-0.1, -0.05) is 13.5 Å². The van der Waals surface area contributed by atoms with Crippen LogP contribution in [0.1, 0.15) is 26.2 Å². The molecule has 4 heteroatoms. The molecule has 1 unspecified atom stereocenters. The molecule has 1 rings (SSSR count). The van der Waals surface area contributed by atoms with Gasteiger partial charge < -0.3 is 11.1 Å². The minimum Gasteiger partial charge on any atom is -0.369 e. The van der Waals surface area contributed by atoms with Crippen molar-refractivity contribution in [3.63, 3.8) is 0 Å². The zero-order valence-corrected chi connectivity index (χ0v) is 10.9. The number of likely N-dealkylation sites (tertiary alicyclic amines) is 1. The zero-order chi connectivity index (χ0) is 12.7. The van der Waals surface area contributed by atoms with Gasteiger partial charge in [-0.25, -0.2) is 0 Å². The predicted octanol–water partition coefficient (Wildman–Crippen LogP) is 0.740. The second kappa shape index (κ2) is 7.45. The lowest BCUT2D eigenvalue weighted by atomic mass is 9.97. The number of primary amides is 1. The van der Waals surface area contributed by atoms with Crippen LogP contribution in [0.3, 0.4) is 0 Å². The summed E-state index contributed by atoms with van der Waals surface area (Å²) in [4.78, 5) is 13.4. The smallest absolute Gasteiger partial charge is 0.221 e. The molecule has 1 amide bonds. The normalized spacial score (nSPS) is 21.4. The summed E-state index contributed by atoms with van der Waals surface area (Å²) in [6, 6.07) is 0. The van der Waals surface area contributed by atoms with Crippen LogP contribution in [0.25, 0.3) is 0 Å². The van der Waals surface area contributed by atoms with Crippen molar-refractivity contribution >= 4 is 5.91 Å². The second-order valence-electron chi connectivity index (χ2n) is 4.90. The number of rotatable bonds is 7. The Morgan fingerprint density at radius 1 is 1.59 bits per heavy atom. The van der Waals surface area contributed by atoms with E-state index in [4.69, 9.17) is 5.73 Å². The molecule has 4 nitrogen and oxygen atoms in total. The van der Waals surface area contributed by atoms with Crippen molar-refractivity contribution < 1.29 is 4.79 Å². The minimum atomic E-state index is -0.163. The number of piperidine rings is 1. The van der Waals surface area contributed by atoms with E-state index in [0.717, 1.165) is 52.0 Å². The highest BCUT2D eigenvalue weighted by atomic mass is 16.1. The van der Waals surface area contributed by atoms with Crippen LogP contribution < -0.4 is 11.1 Å². The monoisotopic (exact) mass is 239 g/mol. The zero-order valence-electron chi connectivity index (χ0n) is 10.9. The molecule has 1 aliphatic heterocycles. The number of hydrogen-bond donors (Lipinski definition) is 2. The third kappa shape index (κ3) is 5.33. The number of amides is 1. The van der Waals surface area contributed by atoms with Crippen LogP contribution in [-0.4, -0.2) is 43.5 Å². The fourth-order valence-corrected chi connectivity index (χ4v) is 2.25. The van der Waals surface area contributed by atoms with E-state index in [1.165, 1.54) is 5.57 Å². The Kier molecular flexibility index (Phi) is 6.22. The van der Waals surface area contributed by atoms with Crippen molar-refractivity contribution in [3.8, 4) is 0 Å². The van der Waals surface area contributed by atoms with Gasteiger partial charge in [-0.05, 0) is 37.9 Å². The van der Waals surface area contributed by atoms with Gasteiger partial charge in [0.15, 0.2) is 0 Å². The largest absolute Gasteiger partial charge is 0.369 e. The molecule has 3 N–H and O–H groups in total. The van der Waals surface area contributed by atoms with Crippen LogP contribution >= 0.6 is 0 Å². The van der Waals surface area contributed by atoms with Gasteiger partial charge in [0.2, 0.25) is 5.91 Å². The molecule has 0 aromatic carbocycles. The average Bonchev–Trinajstić information content (AvgIpc) is 2.29. The maximum Gasteiger partial charge on any atom is 0.221 e. The summed E-state index contributed by atoms with van der Waals surface area (Å²) in [6.07, 6.45) is 3.14. The molecule has 17 heavy (non-hydrogen) atoms. The first-order chi connectivity index (χ1) is 8.13. The molecular formula is C13H25N3O. The molecule has 0 radical (unpaired) electrons. The minimum absolute atomic E-state index is 0.0279. The highest BCUT2D eigenvalue weighted by Gasteiger charge is 2.23. The summed E-state index contributed by atoms with van der Waals surface area (Å²) in [5.41, 5.74) is 6.54. The lowest BCUT2D eigenvalue weighted by Gasteiger charge is -2.31. The van der Waals surface area contributed by atoms with Crippen LogP contribution in [0.4, 0.5) is 0 Å². The third-order valence-corrected chi connectivity index (χ3v) is 3.16. The van der Waals surface area contributed by atoms with Crippen molar-refractivity contribution in [1.82, 2.24) is 10.2 Å². The second-order valence-corrected chi connectivity index (χ2v) is 4.90. The van der Waals surface area contributed by atoms with Crippen LogP contribution in [-0.2, 0) is 4.79 Å². The summed E-state index contributed by atoms with van der Waals surface area (Å²) >= 11 is 0. The van der Waals surface area contributed by atoms with Gasteiger partial charge in [-0.15, -0.1) is 0 Å². The Morgan fingerprint density at radius 2 is 2.35 bits per heavy atom. The quantitative estimate of drug-likeness (QED) is 0.509. The van der Waals surface area contributed by atoms with E-state index >= 15 is 0 Å². The van der Waals surface area contributed by atoms with Crippen molar-refractivity contribution in [1.29, 1.82) is 0 Å². The van der Waals surface area contributed by atoms with Crippen LogP contribution in [0.15, 0.2) is 12.2 Å². The number of carbonyl (C=O) groups excluding carboxylic acids is 1. The van der Waals surface area contributed by atoms with E-state index in [9.17, 15) is 4.79 Å². The van der Waals surface area contributed by atoms with E-state index < -0.39 is 0 Å². The number of nitrogens with zero attached hydrogens (tertiary/aromatic N) is 1. The van der Waals surface area contributed by atoms with Gasteiger partial charge >= 0.3 is 0 Å². The van der Waals surface area contributed by atoms with Crippen molar-refractivity contribution in [2.75, 3.05) is 32.7 Å². The molecule has 1 heterocycles. The summed E-state index contributed by atoms with van der Waals surface area (Å²) in [6.45, 7) is 10.8.